The van der Waals surface area contributed by atoms with E-state index < -0.39 is 4.92 Å². The summed E-state index contributed by atoms with van der Waals surface area (Å²) in [6.07, 6.45) is 3.39. The second kappa shape index (κ2) is 8.28. The van der Waals surface area contributed by atoms with E-state index in [9.17, 15) is 14.9 Å². The molecule has 1 aromatic carbocycles. The van der Waals surface area contributed by atoms with Crippen LogP contribution in [0.4, 0.5) is 5.69 Å². The minimum Gasteiger partial charge on any atom is -0.384 e. The molecule has 9 nitrogen and oxygen atoms in total. The topological polar surface area (TPSA) is 111 Å². The van der Waals surface area contributed by atoms with Gasteiger partial charge >= 0.3 is 0 Å². The first kappa shape index (κ1) is 19.0. The number of nitro groups is 1. The SMILES string of the molecule is COCC1(CNC(=O)c2ccn(-c3ccccc3[N+](=O)[O-])n2)CCNCC1. The monoisotopic (exact) mass is 373 g/mol. The summed E-state index contributed by atoms with van der Waals surface area (Å²) >= 11 is 0. The Balaban J connectivity index is 1.71. The van der Waals surface area contributed by atoms with E-state index in [1.54, 1.807) is 37.6 Å². The fourth-order valence-corrected chi connectivity index (χ4v) is 3.39. The molecule has 0 atom stereocenters. The van der Waals surface area contributed by atoms with Gasteiger partial charge in [-0.3, -0.25) is 14.9 Å². The van der Waals surface area contributed by atoms with Crippen molar-refractivity contribution >= 4 is 11.6 Å². The molecule has 1 aliphatic rings. The first-order valence-electron chi connectivity index (χ1n) is 8.82. The molecule has 0 radical (unpaired) electrons. The Morgan fingerprint density at radius 2 is 2.11 bits per heavy atom. The van der Waals surface area contributed by atoms with Crippen LogP contribution in [0.5, 0.6) is 0 Å². The van der Waals surface area contributed by atoms with Crippen LogP contribution in [-0.4, -0.2) is 54.0 Å². The standard InChI is InChI=1S/C18H23N5O4/c1-27-13-18(7-9-19-10-8-18)12-20-17(24)14-6-11-22(21-14)15-4-2-3-5-16(15)23(25)26/h2-6,11,19H,7-10,12-13H2,1H3,(H,20,24). The zero-order valence-corrected chi connectivity index (χ0v) is 15.2. The lowest BCUT2D eigenvalue weighted by molar-refractivity contribution is -0.384. The second-order valence-electron chi connectivity index (χ2n) is 6.76. The molecule has 1 aromatic heterocycles. The van der Waals surface area contributed by atoms with Gasteiger partial charge < -0.3 is 15.4 Å². The average Bonchev–Trinajstić information content (AvgIpc) is 3.17. The van der Waals surface area contributed by atoms with Crippen LogP contribution in [0.3, 0.4) is 0 Å². The summed E-state index contributed by atoms with van der Waals surface area (Å²) in [5.41, 5.74) is 0.378. The number of ether oxygens (including phenoxy) is 1. The van der Waals surface area contributed by atoms with Crippen molar-refractivity contribution in [3.05, 3.63) is 52.3 Å². The van der Waals surface area contributed by atoms with Crippen molar-refractivity contribution in [1.29, 1.82) is 0 Å². The fourth-order valence-electron chi connectivity index (χ4n) is 3.39. The summed E-state index contributed by atoms with van der Waals surface area (Å²) in [6, 6.07) is 7.83. The summed E-state index contributed by atoms with van der Waals surface area (Å²) < 4.78 is 6.71. The summed E-state index contributed by atoms with van der Waals surface area (Å²) in [6.45, 7) is 2.87. The molecule has 1 fully saturated rings. The van der Waals surface area contributed by atoms with Crippen LogP contribution in [0.25, 0.3) is 5.69 Å². The van der Waals surface area contributed by atoms with Gasteiger partial charge in [0, 0.05) is 31.3 Å². The average molecular weight is 373 g/mol. The lowest BCUT2D eigenvalue weighted by Crippen LogP contribution is -2.47. The van der Waals surface area contributed by atoms with E-state index in [1.165, 1.54) is 10.7 Å². The molecular formula is C18H23N5O4. The number of nitrogens with zero attached hydrogens (tertiary/aromatic N) is 3. The number of rotatable bonds is 7. The smallest absolute Gasteiger partial charge is 0.294 e. The summed E-state index contributed by atoms with van der Waals surface area (Å²) in [5.74, 6) is -0.304. The van der Waals surface area contributed by atoms with Crippen LogP contribution < -0.4 is 10.6 Å². The van der Waals surface area contributed by atoms with Gasteiger partial charge in [0.05, 0.1) is 11.5 Å². The quantitative estimate of drug-likeness (QED) is 0.562. The molecule has 0 bridgehead atoms. The maximum Gasteiger partial charge on any atom is 0.294 e. The highest BCUT2D eigenvalue weighted by Gasteiger charge is 2.32. The van der Waals surface area contributed by atoms with Gasteiger partial charge in [0.15, 0.2) is 5.69 Å². The van der Waals surface area contributed by atoms with Crippen LogP contribution in [0, 0.1) is 15.5 Å². The molecule has 0 aliphatic carbocycles. The van der Waals surface area contributed by atoms with E-state index in [4.69, 9.17) is 4.74 Å². The second-order valence-corrected chi connectivity index (χ2v) is 6.76. The lowest BCUT2D eigenvalue weighted by Gasteiger charge is -2.37. The number of hydrogen-bond acceptors (Lipinski definition) is 6. The van der Waals surface area contributed by atoms with Crippen molar-refractivity contribution in [1.82, 2.24) is 20.4 Å². The van der Waals surface area contributed by atoms with E-state index in [-0.39, 0.29) is 22.7 Å². The Labute approximate surface area is 156 Å². The van der Waals surface area contributed by atoms with Crippen molar-refractivity contribution < 1.29 is 14.5 Å². The molecule has 9 heteroatoms. The van der Waals surface area contributed by atoms with Crippen LogP contribution in [0.15, 0.2) is 36.5 Å². The molecule has 1 amide bonds. The van der Waals surface area contributed by atoms with Crippen LogP contribution in [0.2, 0.25) is 0 Å². The van der Waals surface area contributed by atoms with E-state index >= 15 is 0 Å². The number of benzene rings is 1. The maximum atomic E-state index is 12.5. The lowest BCUT2D eigenvalue weighted by atomic mass is 9.79. The molecule has 1 aliphatic heterocycles. The number of para-hydroxylation sites is 2. The molecule has 27 heavy (non-hydrogen) atoms. The van der Waals surface area contributed by atoms with Crippen molar-refractivity contribution in [2.45, 2.75) is 12.8 Å². The number of carbonyl (C=O) groups excluding carboxylic acids is 1. The molecule has 0 unspecified atom stereocenters. The number of carbonyl (C=O) groups is 1. The Kier molecular flexibility index (Phi) is 5.82. The van der Waals surface area contributed by atoms with Crippen LogP contribution in [0.1, 0.15) is 23.3 Å². The molecule has 2 aromatic rings. The zero-order valence-electron chi connectivity index (χ0n) is 15.2. The Morgan fingerprint density at radius 1 is 1.37 bits per heavy atom. The van der Waals surface area contributed by atoms with Crippen molar-refractivity contribution in [2.24, 2.45) is 5.41 Å². The Morgan fingerprint density at radius 3 is 2.81 bits per heavy atom. The number of nitrogens with one attached hydrogen (secondary N) is 2. The van der Waals surface area contributed by atoms with Crippen LogP contribution in [-0.2, 0) is 4.74 Å². The highest BCUT2D eigenvalue weighted by molar-refractivity contribution is 5.92. The Bertz CT molecular complexity index is 808. The molecule has 144 valence electrons. The van der Waals surface area contributed by atoms with Gasteiger partial charge in [-0.05, 0) is 38.1 Å². The van der Waals surface area contributed by atoms with Gasteiger partial charge in [-0.1, -0.05) is 12.1 Å². The normalized spacial score (nSPS) is 16.0. The van der Waals surface area contributed by atoms with E-state index in [2.05, 4.69) is 15.7 Å². The number of hydrogen-bond donors (Lipinski definition) is 2. The van der Waals surface area contributed by atoms with Gasteiger partial charge in [0.25, 0.3) is 11.6 Å². The van der Waals surface area contributed by atoms with Crippen LogP contribution >= 0.6 is 0 Å². The molecular weight excluding hydrogens is 350 g/mol. The number of methoxy groups -OCH3 is 1. The molecule has 3 rings (SSSR count). The summed E-state index contributed by atoms with van der Waals surface area (Å²) in [5, 5.41) is 21.6. The van der Waals surface area contributed by atoms with Crippen molar-refractivity contribution in [3.8, 4) is 5.69 Å². The third-order valence-electron chi connectivity index (χ3n) is 4.89. The largest absolute Gasteiger partial charge is 0.384 e. The molecule has 2 heterocycles. The number of nitro benzene ring substituents is 1. The van der Waals surface area contributed by atoms with E-state index in [0.717, 1.165) is 25.9 Å². The summed E-state index contributed by atoms with van der Waals surface area (Å²) in [7, 11) is 1.67. The number of amides is 1. The molecule has 0 spiro atoms. The van der Waals surface area contributed by atoms with E-state index in [1.807, 2.05) is 0 Å². The molecule has 0 saturated carbocycles. The fraction of sp³-hybridized carbons (Fsp3) is 0.444. The zero-order chi connectivity index (χ0) is 19.3. The van der Waals surface area contributed by atoms with Crippen molar-refractivity contribution in [2.75, 3.05) is 33.4 Å². The number of piperidine rings is 1. The summed E-state index contributed by atoms with van der Waals surface area (Å²) in [4.78, 5) is 23.2. The third-order valence-corrected chi connectivity index (χ3v) is 4.89. The van der Waals surface area contributed by atoms with Gasteiger partial charge in [-0.25, -0.2) is 4.68 Å². The van der Waals surface area contributed by atoms with Gasteiger partial charge in [0.1, 0.15) is 5.69 Å². The van der Waals surface area contributed by atoms with Gasteiger partial charge in [0.2, 0.25) is 0 Å². The minimum atomic E-state index is -0.470. The van der Waals surface area contributed by atoms with Crippen molar-refractivity contribution in [3.63, 3.8) is 0 Å². The Hall–Kier alpha value is -2.78. The minimum absolute atomic E-state index is 0.0682. The van der Waals surface area contributed by atoms with E-state index in [0.29, 0.717) is 18.8 Å². The molecule has 1 saturated heterocycles. The predicted octanol–water partition coefficient (Wildman–Crippen LogP) is 1.53. The van der Waals surface area contributed by atoms with Gasteiger partial charge in [-0.15, -0.1) is 0 Å². The first-order chi connectivity index (χ1) is 13.0. The molecule has 2 N–H and O–H groups in total. The number of aromatic nitrogens is 2. The van der Waals surface area contributed by atoms with Gasteiger partial charge in [-0.2, -0.15) is 5.10 Å². The highest BCUT2D eigenvalue weighted by Crippen LogP contribution is 2.28. The first-order valence-corrected chi connectivity index (χ1v) is 8.82. The predicted molar refractivity (Wildman–Crippen MR) is 99.0 cm³/mol. The third kappa shape index (κ3) is 4.32. The maximum absolute atomic E-state index is 12.5. The highest BCUT2D eigenvalue weighted by atomic mass is 16.6.